The van der Waals surface area contributed by atoms with E-state index >= 15 is 0 Å². The molecule has 1 aliphatic rings. The molecule has 1 saturated heterocycles. The summed E-state index contributed by atoms with van der Waals surface area (Å²) in [6.07, 6.45) is 3.44. The van der Waals surface area contributed by atoms with Crippen LogP contribution >= 0.6 is 11.6 Å². The molecule has 6 nitrogen and oxygen atoms in total. The van der Waals surface area contributed by atoms with Crippen molar-refractivity contribution in [2.45, 2.75) is 18.9 Å². The molecule has 3 rings (SSSR count). The minimum absolute atomic E-state index is 0.0106. The molecule has 0 aliphatic carbocycles. The van der Waals surface area contributed by atoms with E-state index in [9.17, 15) is 4.79 Å². The molecule has 1 amide bonds. The van der Waals surface area contributed by atoms with E-state index in [1.165, 1.54) is 0 Å². The quantitative estimate of drug-likeness (QED) is 0.846. The third kappa shape index (κ3) is 3.72. The number of likely N-dealkylation sites (N-methyl/N-ethyl adjacent to an activating group) is 1. The molecule has 1 aliphatic heterocycles. The molecule has 0 spiro atoms. The van der Waals surface area contributed by atoms with Gasteiger partial charge in [0.15, 0.2) is 10.8 Å². The number of aromatic nitrogens is 2. The molecule has 0 radical (unpaired) electrons. The summed E-state index contributed by atoms with van der Waals surface area (Å²) in [5.74, 6) is 0.644. The molecule has 25 heavy (non-hydrogen) atoms. The number of hydrogen-bond acceptors (Lipinski definition) is 5. The highest BCUT2D eigenvalue weighted by molar-refractivity contribution is 6.30. The predicted octanol–water partition coefficient (Wildman–Crippen LogP) is 2.74. The summed E-state index contributed by atoms with van der Waals surface area (Å²) < 4.78 is 0. The van der Waals surface area contributed by atoms with Gasteiger partial charge in [-0.3, -0.25) is 4.79 Å². The smallest absolute Gasteiger partial charge is 0.253 e. The third-order valence-electron chi connectivity index (χ3n) is 4.43. The molecule has 128 valence electrons. The second-order valence-electron chi connectivity index (χ2n) is 6.00. The first-order chi connectivity index (χ1) is 12.1. The molecule has 2 heterocycles. The normalized spacial score (nSPS) is 17.0. The van der Waals surface area contributed by atoms with Gasteiger partial charge in [0.2, 0.25) is 0 Å². The average molecular weight is 356 g/mol. The van der Waals surface area contributed by atoms with Gasteiger partial charge in [-0.25, -0.2) is 9.97 Å². The van der Waals surface area contributed by atoms with Gasteiger partial charge in [-0.1, -0.05) is 29.8 Å². The lowest BCUT2D eigenvalue weighted by Gasteiger charge is -2.38. The number of halogens is 1. The number of benzene rings is 1. The second-order valence-corrected chi connectivity index (χ2v) is 6.36. The van der Waals surface area contributed by atoms with Crippen LogP contribution in [-0.2, 0) is 0 Å². The van der Waals surface area contributed by atoms with Crippen molar-refractivity contribution in [3.05, 3.63) is 52.9 Å². The lowest BCUT2D eigenvalue weighted by Crippen LogP contribution is -2.49. The molecule has 0 unspecified atom stereocenters. The first-order valence-electron chi connectivity index (χ1n) is 8.10. The average Bonchev–Trinajstić information content (AvgIpc) is 2.67. The fourth-order valence-electron chi connectivity index (χ4n) is 3.01. The standard InChI is InChI=1S/C18H18ClN5O/c1-23(18(25)13-6-3-2-4-7-13)14-8-5-9-24(12-14)16-11-21-15(10-20)17(19)22-16/h2-4,6-7,11,14H,5,8-9,12H2,1H3/t14-/m1/s1. The minimum atomic E-state index is 0.0106. The number of rotatable bonds is 3. The van der Waals surface area contributed by atoms with E-state index in [2.05, 4.69) is 14.9 Å². The number of piperidine rings is 1. The van der Waals surface area contributed by atoms with E-state index < -0.39 is 0 Å². The Hall–Kier alpha value is -2.65. The van der Waals surface area contributed by atoms with Gasteiger partial charge in [-0.05, 0) is 25.0 Å². The number of hydrogen-bond donors (Lipinski definition) is 0. The number of nitriles is 1. The fourth-order valence-corrected chi connectivity index (χ4v) is 3.19. The van der Waals surface area contributed by atoms with E-state index in [1.54, 1.807) is 11.1 Å². The van der Waals surface area contributed by atoms with Gasteiger partial charge >= 0.3 is 0 Å². The van der Waals surface area contributed by atoms with Crippen LogP contribution in [0.5, 0.6) is 0 Å². The highest BCUT2D eigenvalue weighted by atomic mass is 35.5. The predicted molar refractivity (Wildman–Crippen MR) is 95.5 cm³/mol. The van der Waals surface area contributed by atoms with Gasteiger partial charge in [-0.15, -0.1) is 0 Å². The number of nitrogens with zero attached hydrogens (tertiary/aromatic N) is 5. The Kier molecular flexibility index (Phi) is 5.15. The van der Waals surface area contributed by atoms with Gasteiger partial charge in [0.05, 0.1) is 6.20 Å². The Bertz CT molecular complexity index is 805. The first kappa shape index (κ1) is 17.2. The van der Waals surface area contributed by atoms with Gasteiger partial charge < -0.3 is 9.80 Å². The largest absolute Gasteiger partial charge is 0.353 e. The van der Waals surface area contributed by atoms with Crippen molar-refractivity contribution in [2.24, 2.45) is 0 Å². The summed E-state index contributed by atoms with van der Waals surface area (Å²) in [5, 5.41) is 9.02. The van der Waals surface area contributed by atoms with Crippen LogP contribution in [0.15, 0.2) is 36.5 Å². The maximum atomic E-state index is 12.6. The van der Waals surface area contributed by atoms with Crippen LogP contribution in [0.4, 0.5) is 5.82 Å². The van der Waals surface area contributed by atoms with Gasteiger partial charge in [0.25, 0.3) is 5.91 Å². The van der Waals surface area contributed by atoms with Crippen LogP contribution in [0.25, 0.3) is 0 Å². The molecule has 1 aromatic carbocycles. The van der Waals surface area contributed by atoms with Crippen molar-refractivity contribution in [3.63, 3.8) is 0 Å². The van der Waals surface area contributed by atoms with Gasteiger partial charge in [0, 0.05) is 31.7 Å². The third-order valence-corrected chi connectivity index (χ3v) is 4.70. The Labute approximate surface area is 151 Å². The van der Waals surface area contributed by atoms with E-state index in [-0.39, 0.29) is 22.8 Å². The molecule has 7 heteroatoms. The number of amides is 1. The summed E-state index contributed by atoms with van der Waals surface area (Å²) >= 11 is 5.99. The van der Waals surface area contributed by atoms with E-state index in [0.717, 1.165) is 19.4 Å². The van der Waals surface area contributed by atoms with Crippen molar-refractivity contribution < 1.29 is 4.79 Å². The molecule has 1 fully saturated rings. The van der Waals surface area contributed by atoms with Crippen LogP contribution in [0.1, 0.15) is 28.9 Å². The van der Waals surface area contributed by atoms with Crippen LogP contribution in [-0.4, -0.2) is 47.0 Å². The number of carbonyl (C=O) groups excluding carboxylic acids is 1. The van der Waals surface area contributed by atoms with E-state index in [0.29, 0.717) is 17.9 Å². The maximum absolute atomic E-state index is 12.6. The van der Waals surface area contributed by atoms with Crippen LogP contribution in [0.3, 0.4) is 0 Å². The lowest BCUT2D eigenvalue weighted by atomic mass is 10.0. The highest BCUT2D eigenvalue weighted by Gasteiger charge is 2.27. The molecular formula is C18H18ClN5O. The highest BCUT2D eigenvalue weighted by Crippen LogP contribution is 2.23. The summed E-state index contributed by atoms with van der Waals surface area (Å²) in [5.41, 5.74) is 0.804. The zero-order valence-corrected chi connectivity index (χ0v) is 14.6. The Morgan fingerprint density at radius 3 is 2.84 bits per heavy atom. The van der Waals surface area contributed by atoms with Gasteiger partial charge in [-0.2, -0.15) is 5.26 Å². The Morgan fingerprint density at radius 1 is 1.40 bits per heavy atom. The van der Waals surface area contributed by atoms with Crippen molar-refractivity contribution in [1.29, 1.82) is 5.26 Å². The fraction of sp³-hybridized carbons (Fsp3) is 0.333. The van der Waals surface area contributed by atoms with Crippen molar-refractivity contribution in [1.82, 2.24) is 14.9 Å². The number of carbonyl (C=O) groups is 1. The second kappa shape index (κ2) is 7.49. The first-order valence-corrected chi connectivity index (χ1v) is 8.47. The SMILES string of the molecule is CN(C(=O)c1ccccc1)[C@@H]1CCCN(c2cnc(C#N)c(Cl)n2)C1. The zero-order valence-electron chi connectivity index (χ0n) is 13.9. The summed E-state index contributed by atoms with van der Waals surface area (Å²) in [6.45, 7) is 1.48. The summed E-state index contributed by atoms with van der Waals surface area (Å²) in [7, 11) is 1.83. The summed E-state index contributed by atoms with van der Waals surface area (Å²) in [6, 6.07) is 11.3. The maximum Gasteiger partial charge on any atom is 0.253 e. The van der Waals surface area contributed by atoms with Crippen molar-refractivity contribution in [2.75, 3.05) is 25.0 Å². The van der Waals surface area contributed by atoms with Crippen LogP contribution in [0.2, 0.25) is 5.15 Å². The molecule has 1 aromatic heterocycles. The Balaban J connectivity index is 1.74. The molecule has 2 aromatic rings. The summed E-state index contributed by atoms with van der Waals surface area (Å²) in [4.78, 5) is 24.8. The Morgan fingerprint density at radius 2 is 2.16 bits per heavy atom. The molecule has 1 atom stereocenters. The van der Waals surface area contributed by atoms with Crippen molar-refractivity contribution in [3.8, 4) is 6.07 Å². The molecular weight excluding hydrogens is 338 g/mol. The molecule has 0 N–H and O–H groups in total. The van der Waals surface area contributed by atoms with E-state index in [1.807, 2.05) is 43.4 Å². The van der Waals surface area contributed by atoms with Crippen LogP contribution < -0.4 is 4.90 Å². The van der Waals surface area contributed by atoms with E-state index in [4.69, 9.17) is 16.9 Å². The monoisotopic (exact) mass is 355 g/mol. The lowest BCUT2D eigenvalue weighted by molar-refractivity contribution is 0.0717. The van der Waals surface area contributed by atoms with Crippen LogP contribution in [0, 0.1) is 11.3 Å². The molecule has 0 saturated carbocycles. The number of anilines is 1. The van der Waals surface area contributed by atoms with Gasteiger partial charge in [0.1, 0.15) is 11.9 Å². The minimum Gasteiger partial charge on any atom is -0.353 e. The van der Waals surface area contributed by atoms with Crippen molar-refractivity contribution >= 4 is 23.3 Å². The molecule has 0 bridgehead atoms. The zero-order chi connectivity index (χ0) is 17.8. The topological polar surface area (TPSA) is 73.1 Å².